The molecule has 34 heavy (non-hydrogen) atoms. The van der Waals surface area contributed by atoms with Crippen LogP contribution in [0.15, 0.2) is 34.8 Å². The summed E-state index contributed by atoms with van der Waals surface area (Å²) in [5, 5.41) is 43.9. The Labute approximate surface area is 196 Å². The number of primary amides is 1. The number of aromatic hydroxyl groups is 1. The Morgan fingerprint density at radius 1 is 1.12 bits per heavy atom. The molecule has 1 aliphatic heterocycles. The number of phenols is 1. The highest BCUT2D eigenvalue weighted by molar-refractivity contribution is 6.24. The summed E-state index contributed by atoms with van der Waals surface area (Å²) in [5.41, 5.74) is 3.03. The van der Waals surface area contributed by atoms with E-state index in [-0.39, 0.29) is 35.6 Å². The summed E-state index contributed by atoms with van der Waals surface area (Å²) in [6, 6.07) is 3.64. The van der Waals surface area contributed by atoms with Gasteiger partial charge in [-0.05, 0) is 49.1 Å². The van der Waals surface area contributed by atoms with Crippen LogP contribution in [0.25, 0.3) is 0 Å². The van der Waals surface area contributed by atoms with Gasteiger partial charge in [-0.2, -0.15) is 0 Å². The van der Waals surface area contributed by atoms with E-state index in [2.05, 4.69) is 0 Å². The van der Waals surface area contributed by atoms with Gasteiger partial charge in [0.2, 0.25) is 5.78 Å². The van der Waals surface area contributed by atoms with E-state index in [0.29, 0.717) is 11.3 Å². The molecule has 1 aromatic carbocycles. The van der Waals surface area contributed by atoms with Crippen LogP contribution in [0.4, 0.5) is 5.69 Å². The summed E-state index contributed by atoms with van der Waals surface area (Å²) in [7, 11) is 0. The first-order chi connectivity index (χ1) is 16.1. The number of anilines is 1. The van der Waals surface area contributed by atoms with Crippen LogP contribution in [0.5, 0.6) is 5.75 Å². The fourth-order valence-electron chi connectivity index (χ4n) is 6.29. The number of nitrogens with two attached hydrogens (primary N) is 1. The number of hydrogen-bond acceptors (Lipinski definition) is 8. The summed E-state index contributed by atoms with van der Waals surface area (Å²) in [6.07, 6.45) is 2.95. The predicted molar refractivity (Wildman–Crippen MR) is 122 cm³/mol. The lowest BCUT2D eigenvalue weighted by Gasteiger charge is -2.47. The molecule has 6 N–H and O–H groups in total. The van der Waals surface area contributed by atoms with E-state index in [0.717, 1.165) is 32.4 Å². The standard InChI is InChI=1S/C25H28N2O7/c1-11-13-5-6-15(27-7-3-2-4-8-27)20(29)17(13)21(30)18-14(11)9-12-10-16(28)19(24(26)33)23(32)25(12,34)22(18)31/h5-6,11-12,14,28-29,31,34H,2-4,7-10H2,1H3,(H2,26,33)/t11-,12-,14?,25-/m0/s1. The maximum Gasteiger partial charge on any atom is 0.255 e. The number of piperidine rings is 1. The van der Waals surface area contributed by atoms with Crippen molar-refractivity contribution in [2.45, 2.75) is 50.5 Å². The topological polar surface area (TPSA) is 161 Å². The normalized spacial score (nSPS) is 31.2. The molecule has 1 unspecified atom stereocenters. The van der Waals surface area contributed by atoms with Crippen molar-refractivity contribution >= 4 is 23.2 Å². The zero-order chi connectivity index (χ0) is 24.5. The average molecular weight is 469 g/mol. The number of ketones is 2. The van der Waals surface area contributed by atoms with Gasteiger partial charge in [-0.25, -0.2) is 0 Å². The van der Waals surface area contributed by atoms with Gasteiger partial charge in [-0.3, -0.25) is 14.4 Å². The summed E-state index contributed by atoms with van der Waals surface area (Å²) >= 11 is 0. The molecule has 0 bridgehead atoms. The smallest absolute Gasteiger partial charge is 0.255 e. The van der Waals surface area contributed by atoms with Crippen molar-refractivity contribution in [2.75, 3.05) is 18.0 Å². The third kappa shape index (κ3) is 2.86. The van der Waals surface area contributed by atoms with Crippen LogP contribution in [0.2, 0.25) is 0 Å². The highest BCUT2D eigenvalue weighted by atomic mass is 16.3. The number of phenolic OH excluding ortho intramolecular Hbond substituents is 1. The number of aliphatic hydroxyl groups excluding tert-OH is 2. The lowest BCUT2D eigenvalue weighted by atomic mass is 9.58. The molecular formula is C25H28N2O7. The molecule has 1 amide bonds. The highest BCUT2D eigenvalue weighted by Crippen LogP contribution is 2.55. The number of aliphatic hydroxyl groups is 3. The average Bonchev–Trinajstić information content (AvgIpc) is 2.79. The van der Waals surface area contributed by atoms with Crippen LogP contribution in [-0.4, -0.2) is 56.6 Å². The highest BCUT2D eigenvalue weighted by Gasteiger charge is 2.60. The molecule has 9 nitrogen and oxygen atoms in total. The molecule has 0 radical (unpaired) electrons. The molecule has 1 heterocycles. The molecule has 0 aromatic heterocycles. The largest absolute Gasteiger partial charge is 0.511 e. The minimum absolute atomic E-state index is 0.0622. The van der Waals surface area contributed by atoms with E-state index in [1.165, 1.54) is 0 Å². The molecule has 180 valence electrons. The second kappa shape index (κ2) is 7.59. The van der Waals surface area contributed by atoms with Crippen molar-refractivity contribution in [1.29, 1.82) is 0 Å². The van der Waals surface area contributed by atoms with Crippen LogP contribution >= 0.6 is 0 Å². The Morgan fingerprint density at radius 2 is 1.79 bits per heavy atom. The fourth-order valence-corrected chi connectivity index (χ4v) is 6.29. The molecule has 4 aliphatic rings. The Balaban J connectivity index is 1.65. The van der Waals surface area contributed by atoms with E-state index in [4.69, 9.17) is 5.73 Å². The van der Waals surface area contributed by atoms with Crippen LogP contribution in [-0.2, 0) is 9.59 Å². The lowest BCUT2D eigenvalue weighted by Crippen LogP contribution is -2.57. The Bertz CT molecular complexity index is 1190. The first-order valence-electron chi connectivity index (χ1n) is 11.7. The van der Waals surface area contributed by atoms with Gasteiger partial charge in [-0.15, -0.1) is 0 Å². The van der Waals surface area contributed by atoms with Crippen LogP contribution in [0.3, 0.4) is 0 Å². The van der Waals surface area contributed by atoms with E-state index in [1.54, 1.807) is 0 Å². The first kappa shape index (κ1) is 22.5. The van der Waals surface area contributed by atoms with Crippen molar-refractivity contribution in [3.63, 3.8) is 0 Å². The van der Waals surface area contributed by atoms with Crippen LogP contribution in [0, 0.1) is 11.8 Å². The summed E-state index contributed by atoms with van der Waals surface area (Å²) in [4.78, 5) is 40.5. The van der Waals surface area contributed by atoms with Crippen molar-refractivity contribution in [2.24, 2.45) is 17.6 Å². The van der Waals surface area contributed by atoms with Crippen LogP contribution in [0.1, 0.15) is 60.9 Å². The maximum atomic E-state index is 13.7. The van der Waals surface area contributed by atoms with Crippen molar-refractivity contribution < 1.29 is 34.8 Å². The van der Waals surface area contributed by atoms with Gasteiger partial charge < -0.3 is 31.1 Å². The number of fused-ring (bicyclic) bond motifs is 3. The fraction of sp³-hybridized carbons (Fsp3) is 0.480. The first-order valence-corrected chi connectivity index (χ1v) is 11.7. The maximum absolute atomic E-state index is 13.7. The van der Waals surface area contributed by atoms with Gasteiger partial charge in [0, 0.05) is 31.0 Å². The lowest BCUT2D eigenvalue weighted by molar-refractivity contribution is -0.144. The molecule has 0 saturated carbocycles. The van der Waals surface area contributed by atoms with Gasteiger partial charge >= 0.3 is 0 Å². The van der Waals surface area contributed by atoms with Gasteiger partial charge in [0.05, 0.1) is 11.3 Å². The second-order valence-corrected chi connectivity index (χ2v) is 9.85. The number of rotatable bonds is 2. The zero-order valence-electron chi connectivity index (χ0n) is 18.9. The minimum atomic E-state index is -2.55. The van der Waals surface area contributed by atoms with Gasteiger partial charge in [0.1, 0.15) is 22.8 Å². The third-order valence-electron chi connectivity index (χ3n) is 8.12. The molecular weight excluding hydrogens is 440 g/mol. The van der Waals surface area contributed by atoms with Gasteiger partial charge in [-0.1, -0.05) is 13.0 Å². The number of carbonyl (C=O) groups excluding carboxylic acids is 3. The van der Waals surface area contributed by atoms with E-state index in [1.807, 2.05) is 24.0 Å². The summed E-state index contributed by atoms with van der Waals surface area (Å²) in [5.74, 6) is -6.38. The van der Waals surface area contributed by atoms with E-state index >= 15 is 0 Å². The molecule has 3 aliphatic carbocycles. The van der Waals surface area contributed by atoms with Crippen LogP contribution < -0.4 is 10.6 Å². The summed E-state index contributed by atoms with van der Waals surface area (Å²) < 4.78 is 0. The SMILES string of the molecule is C[C@H]1c2ccc(N3CCCCC3)c(O)c2C(=O)C2=C(O)[C@]3(O)C(=O)C(C(N)=O)=C(O)C[C@@H]3CC21. The zero-order valence-corrected chi connectivity index (χ0v) is 18.9. The number of benzene rings is 1. The number of Topliss-reactive ketones (excluding diaryl/α,β-unsaturated/α-hetero) is 2. The van der Waals surface area contributed by atoms with Crippen molar-refractivity contribution in [3.8, 4) is 5.75 Å². The molecule has 0 spiro atoms. The number of amides is 1. The van der Waals surface area contributed by atoms with E-state index in [9.17, 15) is 34.8 Å². The molecule has 1 saturated heterocycles. The quantitative estimate of drug-likeness (QED) is 0.412. The minimum Gasteiger partial charge on any atom is -0.511 e. The summed E-state index contributed by atoms with van der Waals surface area (Å²) in [6.45, 7) is 3.38. The van der Waals surface area contributed by atoms with Crippen molar-refractivity contribution in [3.05, 3.63) is 45.9 Å². The van der Waals surface area contributed by atoms with E-state index < -0.39 is 52.0 Å². The van der Waals surface area contributed by atoms with Gasteiger partial charge in [0.25, 0.3) is 5.91 Å². The Morgan fingerprint density at radius 3 is 2.44 bits per heavy atom. The number of nitrogens with zero attached hydrogens (tertiary/aromatic N) is 1. The molecule has 9 heteroatoms. The molecule has 4 atom stereocenters. The number of allylic oxidation sites excluding steroid dienone is 2. The number of carbonyl (C=O) groups is 3. The Hall–Kier alpha value is -3.33. The second-order valence-electron chi connectivity index (χ2n) is 9.85. The molecule has 5 rings (SSSR count). The predicted octanol–water partition coefficient (Wildman–Crippen LogP) is 2.13. The van der Waals surface area contributed by atoms with Gasteiger partial charge in [0.15, 0.2) is 11.4 Å². The Kier molecular flexibility index (Phi) is 5.02. The third-order valence-corrected chi connectivity index (χ3v) is 8.12. The van der Waals surface area contributed by atoms with Crippen molar-refractivity contribution in [1.82, 2.24) is 0 Å². The monoisotopic (exact) mass is 468 g/mol. The number of hydrogen-bond donors (Lipinski definition) is 5. The molecule has 1 fully saturated rings. The molecule has 1 aromatic rings.